The van der Waals surface area contributed by atoms with E-state index in [0.717, 1.165) is 50.4 Å². The third-order valence-electron chi connectivity index (χ3n) is 5.93. The van der Waals surface area contributed by atoms with Crippen molar-refractivity contribution in [3.8, 4) is 0 Å². The van der Waals surface area contributed by atoms with Crippen LogP contribution in [0.1, 0.15) is 69.5 Å². The maximum Gasteiger partial charge on any atom is 0.191 e. The van der Waals surface area contributed by atoms with E-state index >= 15 is 0 Å². The number of morpholine rings is 1. The van der Waals surface area contributed by atoms with Gasteiger partial charge >= 0.3 is 0 Å². The summed E-state index contributed by atoms with van der Waals surface area (Å²) in [4.78, 5) is 12.2. The SMILES string of the molecule is CCNC(=NCc1nc(C(C)C)cs1)NCC1(N2CCOCC2)CCCCC1.I. The first-order valence-electron chi connectivity index (χ1n) is 10.9. The second-order valence-corrected chi connectivity index (χ2v) is 9.20. The molecule has 2 N–H and O–H groups in total. The molecule has 8 heteroatoms. The summed E-state index contributed by atoms with van der Waals surface area (Å²) in [5.41, 5.74) is 1.41. The second-order valence-electron chi connectivity index (χ2n) is 8.25. The van der Waals surface area contributed by atoms with Crippen molar-refractivity contribution >= 4 is 41.3 Å². The minimum Gasteiger partial charge on any atom is -0.379 e. The van der Waals surface area contributed by atoms with Crippen molar-refractivity contribution in [1.82, 2.24) is 20.5 Å². The molecule has 1 aromatic heterocycles. The van der Waals surface area contributed by atoms with Crippen LogP contribution in [0.3, 0.4) is 0 Å². The highest BCUT2D eigenvalue weighted by Crippen LogP contribution is 2.33. The van der Waals surface area contributed by atoms with Crippen LogP contribution < -0.4 is 10.6 Å². The number of nitrogens with one attached hydrogen (secondary N) is 2. The molecule has 0 unspecified atom stereocenters. The van der Waals surface area contributed by atoms with Gasteiger partial charge in [-0.2, -0.15) is 0 Å². The third-order valence-corrected chi connectivity index (χ3v) is 6.78. The Labute approximate surface area is 197 Å². The highest BCUT2D eigenvalue weighted by atomic mass is 127. The molecule has 166 valence electrons. The van der Waals surface area contributed by atoms with Crippen LogP contribution in [-0.4, -0.2) is 60.8 Å². The molecule has 0 spiro atoms. The van der Waals surface area contributed by atoms with Crippen molar-refractivity contribution < 1.29 is 4.74 Å². The highest BCUT2D eigenvalue weighted by Gasteiger charge is 2.38. The van der Waals surface area contributed by atoms with Crippen molar-refractivity contribution in [3.63, 3.8) is 0 Å². The number of halogens is 1. The van der Waals surface area contributed by atoms with Gasteiger partial charge in [0.2, 0.25) is 0 Å². The fraction of sp³-hybridized carbons (Fsp3) is 0.810. The summed E-state index contributed by atoms with van der Waals surface area (Å²) in [5.74, 6) is 1.38. The van der Waals surface area contributed by atoms with Crippen LogP contribution in [0.5, 0.6) is 0 Å². The minimum absolute atomic E-state index is 0. The molecule has 0 atom stereocenters. The van der Waals surface area contributed by atoms with Gasteiger partial charge in [-0.05, 0) is 25.7 Å². The molecule has 1 saturated carbocycles. The molecular weight excluding hydrogens is 497 g/mol. The topological polar surface area (TPSA) is 61.8 Å². The molecule has 2 fully saturated rings. The number of ether oxygens (including phenoxy) is 1. The van der Waals surface area contributed by atoms with Crippen molar-refractivity contribution in [2.75, 3.05) is 39.4 Å². The van der Waals surface area contributed by atoms with Crippen LogP contribution in [0.2, 0.25) is 0 Å². The van der Waals surface area contributed by atoms with Crippen LogP contribution in [0.15, 0.2) is 10.4 Å². The van der Waals surface area contributed by atoms with E-state index in [1.165, 1.54) is 37.8 Å². The monoisotopic (exact) mass is 535 g/mol. The fourth-order valence-electron chi connectivity index (χ4n) is 4.25. The van der Waals surface area contributed by atoms with Gasteiger partial charge in [-0.25, -0.2) is 9.98 Å². The zero-order valence-corrected chi connectivity index (χ0v) is 21.4. The maximum atomic E-state index is 5.60. The van der Waals surface area contributed by atoms with E-state index in [-0.39, 0.29) is 29.5 Å². The number of nitrogens with zero attached hydrogens (tertiary/aromatic N) is 3. The molecule has 1 aromatic rings. The number of guanidine groups is 1. The van der Waals surface area contributed by atoms with Crippen LogP contribution in [0.4, 0.5) is 0 Å². The zero-order valence-electron chi connectivity index (χ0n) is 18.2. The Morgan fingerprint density at radius 2 is 1.97 bits per heavy atom. The molecule has 0 radical (unpaired) electrons. The summed E-state index contributed by atoms with van der Waals surface area (Å²) < 4.78 is 5.60. The Morgan fingerprint density at radius 1 is 1.24 bits per heavy atom. The summed E-state index contributed by atoms with van der Waals surface area (Å²) >= 11 is 1.71. The van der Waals surface area contributed by atoms with Gasteiger partial charge in [0.15, 0.2) is 5.96 Å². The summed E-state index contributed by atoms with van der Waals surface area (Å²) in [6, 6.07) is 0. The predicted molar refractivity (Wildman–Crippen MR) is 133 cm³/mol. The lowest BCUT2D eigenvalue weighted by Gasteiger charge is -2.48. The molecule has 1 saturated heterocycles. The van der Waals surface area contributed by atoms with Crippen molar-refractivity contribution in [2.24, 2.45) is 4.99 Å². The average molecular weight is 536 g/mol. The standard InChI is InChI=1S/C21H37N5OS.HI/c1-4-22-20(23-14-19-25-18(15-28-19)17(2)3)24-16-21(8-6-5-7-9-21)26-10-12-27-13-11-26;/h15,17H,4-14,16H2,1-3H3,(H2,22,23,24);1H. The van der Waals surface area contributed by atoms with Crippen molar-refractivity contribution in [2.45, 2.75) is 70.9 Å². The Balaban J connectivity index is 0.00000300. The Kier molecular flexibility index (Phi) is 10.6. The molecule has 2 heterocycles. The van der Waals surface area contributed by atoms with Gasteiger partial charge in [-0.15, -0.1) is 35.3 Å². The second kappa shape index (κ2) is 12.4. The number of thiazole rings is 1. The zero-order chi connectivity index (χ0) is 19.8. The first-order chi connectivity index (χ1) is 13.6. The number of aliphatic imine (C=N–C) groups is 1. The van der Waals surface area contributed by atoms with Crippen molar-refractivity contribution in [3.05, 3.63) is 16.1 Å². The summed E-state index contributed by atoms with van der Waals surface area (Å²) in [6.45, 7) is 12.8. The van der Waals surface area contributed by atoms with E-state index in [2.05, 4.69) is 41.7 Å². The molecular formula is C21H38IN5OS. The lowest BCUT2D eigenvalue weighted by atomic mass is 9.80. The number of aromatic nitrogens is 1. The van der Waals surface area contributed by atoms with Gasteiger partial charge in [-0.3, -0.25) is 4.90 Å². The van der Waals surface area contributed by atoms with E-state index in [1.807, 2.05) is 0 Å². The molecule has 0 aromatic carbocycles. The Hall–Kier alpha value is -0.450. The van der Waals surface area contributed by atoms with E-state index in [1.54, 1.807) is 11.3 Å². The Bertz CT molecular complexity index is 624. The van der Waals surface area contributed by atoms with Gasteiger partial charge in [0, 0.05) is 37.1 Å². The van der Waals surface area contributed by atoms with Crippen molar-refractivity contribution in [1.29, 1.82) is 0 Å². The summed E-state index contributed by atoms with van der Waals surface area (Å²) in [7, 11) is 0. The van der Waals surface area contributed by atoms with Gasteiger partial charge < -0.3 is 15.4 Å². The lowest BCUT2D eigenvalue weighted by Crippen LogP contribution is -2.60. The normalized spacial score (nSPS) is 20.3. The number of hydrogen-bond donors (Lipinski definition) is 2. The Morgan fingerprint density at radius 3 is 2.59 bits per heavy atom. The first-order valence-corrected chi connectivity index (χ1v) is 11.8. The summed E-state index contributed by atoms with van der Waals surface area (Å²) in [5, 5.41) is 10.3. The van der Waals surface area contributed by atoms with Gasteiger partial charge in [-0.1, -0.05) is 33.1 Å². The quantitative estimate of drug-likeness (QED) is 0.314. The van der Waals surface area contributed by atoms with Crippen LogP contribution in [0.25, 0.3) is 0 Å². The third kappa shape index (κ3) is 7.04. The molecule has 29 heavy (non-hydrogen) atoms. The number of rotatable bonds is 7. The summed E-state index contributed by atoms with van der Waals surface area (Å²) in [6.07, 6.45) is 6.55. The van der Waals surface area contributed by atoms with E-state index in [0.29, 0.717) is 12.5 Å². The first kappa shape index (κ1) is 24.8. The minimum atomic E-state index is 0. The van der Waals surface area contributed by atoms with Gasteiger partial charge in [0.05, 0.1) is 25.5 Å². The molecule has 3 rings (SSSR count). The van der Waals surface area contributed by atoms with Gasteiger partial charge in [0.25, 0.3) is 0 Å². The van der Waals surface area contributed by atoms with E-state index in [9.17, 15) is 0 Å². The largest absolute Gasteiger partial charge is 0.379 e. The van der Waals surface area contributed by atoms with Crippen LogP contribution in [-0.2, 0) is 11.3 Å². The van der Waals surface area contributed by atoms with E-state index in [4.69, 9.17) is 14.7 Å². The molecule has 6 nitrogen and oxygen atoms in total. The molecule has 1 aliphatic heterocycles. The molecule has 0 amide bonds. The lowest BCUT2D eigenvalue weighted by molar-refractivity contribution is -0.0352. The molecule has 0 bridgehead atoms. The van der Waals surface area contributed by atoms with Crippen LogP contribution in [0, 0.1) is 0 Å². The fourth-order valence-corrected chi connectivity index (χ4v) is 5.13. The highest BCUT2D eigenvalue weighted by molar-refractivity contribution is 14.0. The predicted octanol–water partition coefficient (Wildman–Crippen LogP) is 3.97. The molecule has 1 aliphatic carbocycles. The number of hydrogen-bond acceptors (Lipinski definition) is 5. The van der Waals surface area contributed by atoms with Crippen LogP contribution >= 0.6 is 35.3 Å². The van der Waals surface area contributed by atoms with E-state index < -0.39 is 0 Å². The average Bonchev–Trinajstić information content (AvgIpc) is 3.21. The van der Waals surface area contributed by atoms with Gasteiger partial charge in [0.1, 0.15) is 5.01 Å². The smallest absolute Gasteiger partial charge is 0.191 e. The maximum absolute atomic E-state index is 5.60. The molecule has 2 aliphatic rings.